The molecule has 3 aliphatic rings. The van der Waals surface area contributed by atoms with E-state index in [2.05, 4.69) is 100 Å². The first-order valence-corrected chi connectivity index (χ1v) is 11.1. The van der Waals surface area contributed by atoms with Crippen LogP contribution in [0.4, 0.5) is 0 Å². The SMILES string of the molecule is [O-][Cl+3]([O-])([O-])[O-].c1ccc2c(c1)C1CC(c3cc[nH]c3)(c3cc[nH]c3)C2c2cccc[n+]21. The van der Waals surface area contributed by atoms with Crippen molar-refractivity contribution in [3.63, 3.8) is 0 Å². The lowest BCUT2D eigenvalue weighted by Gasteiger charge is -2.49. The highest BCUT2D eigenvalue weighted by Gasteiger charge is 2.59. The summed E-state index contributed by atoms with van der Waals surface area (Å²) in [5, 5.41) is 0. The summed E-state index contributed by atoms with van der Waals surface area (Å²) >= 11 is 0. The van der Waals surface area contributed by atoms with Gasteiger partial charge in [-0.15, -0.1) is 10.2 Å². The van der Waals surface area contributed by atoms with Gasteiger partial charge in [-0.25, -0.2) is 18.6 Å². The number of benzene rings is 1. The summed E-state index contributed by atoms with van der Waals surface area (Å²) in [7, 11) is -4.94. The Morgan fingerprint density at radius 2 is 1.39 bits per heavy atom. The summed E-state index contributed by atoms with van der Waals surface area (Å²) in [6, 6.07) is 20.5. The number of nitrogens with zero attached hydrogens (tertiary/aromatic N) is 1. The van der Waals surface area contributed by atoms with Crippen LogP contribution in [-0.4, -0.2) is 9.97 Å². The molecule has 2 N–H and O–H groups in total. The van der Waals surface area contributed by atoms with E-state index in [1.807, 2.05) is 0 Å². The van der Waals surface area contributed by atoms with Gasteiger partial charge in [0.05, 0.1) is 5.92 Å². The third-order valence-electron chi connectivity index (χ3n) is 6.45. The fraction of sp³-hybridized carbons (Fsp3) is 0.174. The highest BCUT2D eigenvalue weighted by atomic mass is 35.7. The molecule has 31 heavy (non-hydrogen) atoms. The number of hydrogen-bond acceptors (Lipinski definition) is 4. The van der Waals surface area contributed by atoms with Crippen LogP contribution in [-0.2, 0) is 5.41 Å². The minimum Gasteiger partial charge on any atom is -0.367 e. The Kier molecular flexibility index (Phi) is 4.73. The van der Waals surface area contributed by atoms with Crippen molar-refractivity contribution < 1.29 is 33.4 Å². The maximum atomic E-state index is 8.49. The molecule has 2 bridgehead atoms. The van der Waals surface area contributed by atoms with E-state index in [0.717, 1.165) is 6.42 Å². The van der Waals surface area contributed by atoms with Gasteiger partial charge in [0.15, 0.2) is 17.9 Å². The number of H-pyrrole nitrogens is 2. The van der Waals surface area contributed by atoms with Crippen molar-refractivity contribution in [3.05, 3.63) is 114 Å². The summed E-state index contributed by atoms with van der Waals surface area (Å²) in [6.07, 6.45) is 11.8. The summed E-state index contributed by atoms with van der Waals surface area (Å²) in [6.45, 7) is 0. The van der Waals surface area contributed by atoms with Crippen LogP contribution in [0.5, 0.6) is 0 Å². The van der Waals surface area contributed by atoms with E-state index in [1.165, 1.54) is 27.9 Å². The van der Waals surface area contributed by atoms with Crippen molar-refractivity contribution >= 4 is 0 Å². The second kappa shape index (κ2) is 7.33. The van der Waals surface area contributed by atoms with Crippen LogP contribution in [0, 0.1) is 10.2 Å². The molecule has 0 fully saturated rings. The van der Waals surface area contributed by atoms with E-state index < -0.39 is 10.2 Å². The highest BCUT2D eigenvalue weighted by molar-refractivity contribution is 5.54. The zero-order valence-electron chi connectivity index (χ0n) is 16.4. The number of pyridine rings is 1. The van der Waals surface area contributed by atoms with Crippen LogP contribution in [0.2, 0.25) is 0 Å². The molecule has 1 aromatic carbocycles. The third kappa shape index (κ3) is 3.27. The number of rotatable bonds is 2. The Morgan fingerprint density at radius 3 is 1.97 bits per heavy atom. The van der Waals surface area contributed by atoms with Crippen molar-refractivity contribution in [3.8, 4) is 0 Å². The fourth-order valence-corrected chi connectivity index (χ4v) is 5.47. The van der Waals surface area contributed by atoms with Crippen LogP contribution in [0.1, 0.15) is 46.3 Å². The van der Waals surface area contributed by atoms with Crippen LogP contribution in [0.25, 0.3) is 0 Å². The zero-order valence-corrected chi connectivity index (χ0v) is 17.2. The predicted molar refractivity (Wildman–Crippen MR) is 100 cm³/mol. The first-order valence-electron chi connectivity index (χ1n) is 9.87. The molecule has 0 spiro atoms. The van der Waals surface area contributed by atoms with Crippen LogP contribution >= 0.6 is 0 Å². The topological polar surface area (TPSA) is 128 Å². The van der Waals surface area contributed by atoms with Crippen molar-refractivity contribution in [2.45, 2.75) is 23.8 Å². The lowest BCUT2D eigenvalue weighted by molar-refractivity contribution is -2.00. The van der Waals surface area contributed by atoms with Crippen LogP contribution in [0.15, 0.2) is 85.6 Å². The Balaban J connectivity index is 0.000000371. The second-order valence-corrected chi connectivity index (χ2v) is 8.62. The lowest BCUT2D eigenvalue weighted by Crippen LogP contribution is -2.68. The molecule has 3 aromatic heterocycles. The maximum Gasteiger partial charge on any atom is 0.190 e. The van der Waals surface area contributed by atoms with Gasteiger partial charge < -0.3 is 9.97 Å². The van der Waals surface area contributed by atoms with Crippen molar-refractivity contribution in [1.82, 2.24) is 9.97 Å². The van der Waals surface area contributed by atoms with Gasteiger partial charge in [0.1, 0.15) is 0 Å². The van der Waals surface area contributed by atoms with E-state index in [9.17, 15) is 0 Å². The predicted octanol–water partition coefficient (Wildman–Crippen LogP) is -0.701. The number of fused-ring (bicyclic) bond motifs is 1. The molecule has 7 rings (SSSR count). The number of nitrogens with one attached hydrogen (secondary N) is 2. The average Bonchev–Trinajstić information content (AvgIpc) is 3.47. The van der Waals surface area contributed by atoms with Gasteiger partial charge in [-0.2, -0.15) is 4.57 Å². The van der Waals surface area contributed by atoms with E-state index in [-0.39, 0.29) is 5.41 Å². The van der Waals surface area contributed by atoms with Gasteiger partial charge in [-0.1, -0.05) is 30.3 Å². The average molecular weight is 438 g/mol. The van der Waals surface area contributed by atoms with Gasteiger partial charge >= 0.3 is 0 Å². The van der Waals surface area contributed by atoms with E-state index in [1.54, 1.807) is 0 Å². The molecule has 0 radical (unpaired) electrons. The molecule has 2 unspecified atom stereocenters. The first-order chi connectivity index (χ1) is 14.9. The smallest absolute Gasteiger partial charge is 0.190 e. The molecule has 5 heterocycles. The summed E-state index contributed by atoms with van der Waals surface area (Å²) in [5.74, 6) is 0.302. The quantitative estimate of drug-likeness (QED) is 0.402. The Morgan fingerprint density at radius 1 is 0.806 bits per heavy atom. The van der Waals surface area contributed by atoms with Crippen molar-refractivity contribution in [1.29, 1.82) is 0 Å². The van der Waals surface area contributed by atoms with E-state index in [4.69, 9.17) is 18.6 Å². The van der Waals surface area contributed by atoms with Gasteiger partial charge in [-0.3, -0.25) is 0 Å². The molecular formula is C23H20ClN3O4. The largest absolute Gasteiger partial charge is 0.367 e. The van der Waals surface area contributed by atoms with Gasteiger partial charge in [0.25, 0.3) is 0 Å². The molecule has 1 aliphatic carbocycles. The normalized spacial score (nSPS) is 20.4. The minimum absolute atomic E-state index is 0.0552. The van der Waals surface area contributed by atoms with E-state index >= 15 is 0 Å². The maximum absolute atomic E-state index is 8.49. The summed E-state index contributed by atoms with van der Waals surface area (Å²) in [4.78, 5) is 6.61. The number of hydrogen-bond donors (Lipinski definition) is 2. The van der Waals surface area contributed by atoms with Gasteiger partial charge in [0.2, 0.25) is 0 Å². The molecule has 8 heteroatoms. The fourth-order valence-electron chi connectivity index (χ4n) is 5.47. The molecule has 0 saturated carbocycles. The van der Waals surface area contributed by atoms with Crippen LogP contribution < -0.4 is 23.2 Å². The highest BCUT2D eigenvalue weighted by Crippen LogP contribution is 2.59. The monoisotopic (exact) mass is 437 g/mol. The van der Waals surface area contributed by atoms with E-state index in [0.29, 0.717) is 12.0 Å². The van der Waals surface area contributed by atoms with Crippen LogP contribution in [0.3, 0.4) is 0 Å². The number of halogens is 1. The number of aromatic amines is 2. The Bertz CT molecular complexity index is 1100. The molecule has 2 atom stereocenters. The molecule has 0 amide bonds. The first kappa shape index (κ1) is 20.0. The zero-order chi connectivity index (χ0) is 21.6. The molecule has 158 valence electrons. The molecular weight excluding hydrogens is 418 g/mol. The Labute approximate surface area is 181 Å². The lowest BCUT2D eigenvalue weighted by atomic mass is 9.54. The van der Waals surface area contributed by atoms with Crippen molar-refractivity contribution in [2.75, 3.05) is 0 Å². The standard InChI is InChI=1S/C23H20N3.ClHO4/c1-2-6-19-18(5-1)21-13-23(16-8-10-24-14-16,17-9-11-25-15-17)22(19)20-7-3-4-12-26(20)21;2-1(3,4)5/h1-12,14-15,21-22,24-25H,13H2;(H,2,3,4,5)/q+1;/p-1. The Hall–Kier alpha value is -2.94. The van der Waals surface area contributed by atoms with Gasteiger partial charge in [-0.05, 0) is 28.8 Å². The molecule has 0 saturated heterocycles. The number of aromatic nitrogens is 3. The summed E-state index contributed by atoms with van der Waals surface area (Å²) in [5.41, 5.74) is 7.04. The van der Waals surface area contributed by atoms with Gasteiger partial charge in [0, 0.05) is 54.3 Å². The second-order valence-electron chi connectivity index (χ2n) is 7.86. The summed E-state index contributed by atoms with van der Waals surface area (Å²) < 4.78 is 36.5. The minimum atomic E-state index is -4.94. The van der Waals surface area contributed by atoms with Crippen molar-refractivity contribution in [2.24, 2.45) is 0 Å². The third-order valence-corrected chi connectivity index (χ3v) is 6.45. The molecule has 7 nitrogen and oxygen atoms in total. The molecule has 4 aromatic rings. The molecule has 2 aliphatic heterocycles.